The van der Waals surface area contributed by atoms with Gasteiger partial charge in [0.1, 0.15) is 11.8 Å². The second-order valence-electron chi connectivity index (χ2n) is 8.58. The lowest BCUT2D eigenvalue weighted by molar-refractivity contribution is -0.142. The van der Waals surface area contributed by atoms with Crippen LogP contribution in [0.25, 0.3) is 0 Å². The number of amides is 2. The molecule has 3 rings (SSSR count). The summed E-state index contributed by atoms with van der Waals surface area (Å²) in [5.41, 5.74) is 3.03. The number of hydrogen-bond donors (Lipinski definition) is 1. The van der Waals surface area contributed by atoms with E-state index in [9.17, 15) is 9.59 Å². The molecule has 0 aromatic heterocycles. The molecule has 0 saturated carbocycles. The van der Waals surface area contributed by atoms with Gasteiger partial charge in [-0.1, -0.05) is 97.2 Å². The van der Waals surface area contributed by atoms with Crippen molar-refractivity contribution in [2.75, 3.05) is 13.2 Å². The van der Waals surface area contributed by atoms with Gasteiger partial charge in [0.15, 0.2) is 6.61 Å². The third-order valence-corrected chi connectivity index (χ3v) is 6.04. The standard InChI is InChI=1S/C29H33ClN2O3/c1-3-4-17-31-29(34)26(19-23-12-6-5-7-13-23)32(20-24-14-10-11-22(2)18-24)28(33)21-35-27-16-9-8-15-25(27)30/h5-16,18,26H,3-4,17,19-21H2,1-2H3,(H,31,34)/t26-/m1/s1. The first kappa shape index (κ1) is 26.3. The molecular formula is C29H33ClN2O3. The van der Waals surface area contributed by atoms with E-state index in [4.69, 9.17) is 16.3 Å². The molecular weight excluding hydrogens is 460 g/mol. The van der Waals surface area contributed by atoms with Gasteiger partial charge in [0, 0.05) is 19.5 Å². The highest BCUT2D eigenvalue weighted by atomic mass is 35.5. The van der Waals surface area contributed by atoms with Crippen molar-refractivity contribution >= 4 is 23.4 Å². The minimum atomic E-state index is -0.683. The molecule has 0 aliphatic heterocycles. The normalized spacial score (nSPS) is 11.5. The molecule has 0 aliphatic carbocycles. The number of unbranched alkanes of at least 4 members (excludes halogenated alkanes) is 1. The SMILES string of the molecule is CCCCNC(=O)[C@@H](Cc1ccccc1)N(Cc1cccc(C)c1)C(=O)COc1ccccc1Cl. The number of carbonyl (C=O) groups is 2. The summed E-state index contributed by atoms with van der Waals surface area (Å²) in [7, 11) is 0. The van der Waals surface area contributed by atoms with E-state index in [0.717, 1.165) is 29.5 Å². The van der Waals surface area contributed by atoms with Crippen LogP contribution in [0.1, 0.15) is 36.5 Å². The summed E-state index contributed by atoms with van der Waals surface area (Å²) in [4.78, 5) is 28.6. The smallest absolute Gasteiger partial charge is 0.261 e. The highest BCUT2D eigenvalue weighted by Crippen LogP contribution is 2.23. The van der Waals surface area contributed by atoms with Crippen LogP contribution in [0.2, 0.25) is 5.02 Å². The Balaban J connectivity index is 1.89. The van der Waals surface area contributed by atoms with E-state index in [1.165, 1.54) is 0 Å². The van der Waals surface area contributed by atoms with E-state index in [-0.39, 0.29) is 18.4 Å². The number of benzene rings is 3. The quantitative estimate of drug-likeness (QED) is 0.335. The van der Waals surface area contributed by atoms with Crippen LogP contribution in [-0.4, -0.2) is 35.9 Å². The predicted molar refractivity (Wildman–Crippen MR) is 141 cm³/mol. The first-order valence-electron chi connectivity index (χ1n) is 12.0. The van der Waals surface area contributed by atoms with E-state index in [2.05, 4.69) is 12.2 Å². The van der Waals surface area contributed by atoms with E-state index in [0.29, 0.717) is 30.3 Å². The van der Waals surface area contributed by atoms with Crippen LogP contribution in [0.15, 0.2) is 78.9 Å². The number of aryl methyl sites for hydroxylation is 1. The maximum absolute atomic E-state index is 13.6. The van der Waals surface area contributed by atoms with Crippen molar-refractivity contribution in [3.63, 3.8) is 0 Å². The van der Waals surface area contributed by atoms with Gasteiger partial charge in [0.05, 0.1) is 5.02 Å². The Bertz CT molecular complexity index is 1100. The molecule has 3 aromatic rings. The Morgan fingerprint density at radius 3 is 2.40 bits per heavy atom. The number of para-hydroxylation sites is 1. The zero-order valence-electron chi connectivity index (χ0n) is 20.4. The van der Waals surface area contributed by atoms with Crippen molar-refractivity contribution < 1.29 is 14.3 Å². The topological polar surface area (TPSA) is 58.6 Å². The van der Waals surface area contributed by atoms with Crippen LogP contribution >= 0.6 is 11.6 Å². The van der Waals surface area contributed by atoms with Crippen LogP contribution in [-0.2, 0) is 22.6 Å². The molecule has 0 saturated heterocycles. The average Bonchev–Trinajstić information content (AvgIpc) is 2.86. The summed E-state index contributed by atoms with van der Waals surface area (Å²) in [5, 5.41) is 3.46. The fourth-order valence-corrected chi connectivity index (χ4v) is 4.04. The first-order chi connectivity index (χ1) is 17.0. The van der Waals surface area contributed by atoms with Gasteiger partial charge in [-0.05, 0) is 36.6 Å². The van der Waals surface area contributed by atoms with Gasteiger partial charge in [0.2, 0.25) is 5.91 Å². The molecule has 5 nitrogen and oxygen atoms in total. The Labute approximate surface area is 213 Å². The monoisotopic (exact) mass is 492 g/mol. The lowest BCUT2D eigenvalue weighted by Crippen LogP contribution is -2.51. The summed E-state index contributed by atoms with van der Waals surface area (Å²) in [6, 6.07) is 24.1. The maximum Gasteiger partial charge on any atom is 0.261 e. The van der Waals surface area contributed by atoms with Gasteiger partial charge >= 0.3 is 0 Å². The van der Waals surface area contributed by atoms with Crippen molar-refractivity contribution in [2.24, 2.45) is 0 Å². The predicted octanol–water partition coefficient (Wildman–Crippen LogP) is 5.58. The summed E-state index contributed by atoms with van der Waals surface area (Å²) < 4.78 is 5.76. The summed E-state index contributed by atoms with van der Waals surface area (Å²) >= 11 is 6.21. The van der Waals surface area contributed by atoms with Crippen molar-refractivity contribution in [2.45, 2.75) is 45.7 Å². The van der Waals surface area contributed by atoms with Crippen molar-refractivity contribution in [1.29, 1.82) is 0 Å². The lowest BCUT2D eigenvalue weighted by atomic mass is 10.0. The van der Waals surface area contributed by atoms with Crippen LogP contribution in [0.4, 0.5) is 0 Å². The molecule has 0 bridgehead atoms. The van der Waals surface area contributed by atoms with E-state index in [1.807, 2.05) is 61.5 Å². The summed E-state index contributed by atoms with van der Waals surface area (Å²) in [5.74, 6) is -0.0101. The minimum Gasteiger partial charge on any atom is -0.482 e. The van der Waals surface area contributed by atoms with Gasteiger partial charge in [0.25, 0.3) is 5.91 Å². The first-order valence-corrected chi connectivity index (χ1v) is 12.4. The minimum absolute atomic E-state index is 0.166. The number of halogens is 1. The third-order valence-electron chi connectivity index (χ3n) is 5.72. The highest BCUT2D eigenvalue weighted by Gasteiger charge is 2.30. The fourth-order valence-electron chi connectivity index (χ4n) is 3.85. The van der Waals surface area contributed by atoms with E-state index in [1.54, 1.807) is 29.2 Å². The van der Waals surface area contributed by atoms with Crippen molar-refractivity contribution in [3.05, 3.63) is 101 Å². The number of rotatable bonds is 12. The van der Waals surface area contributed by atoms with E-state index >= 15 is 0 Å². The Morgan fingerprint density at radius 1 is 0.971 bits per heavy atom. The molecule has 3 aromatic carbocycles. The van der Waals surface area contributed by atoms with Gasteiger partial charge in [-0.15, -0.1) is 0 Å². The van der Waals surface area contributed by atoms with Gasteiger partial charge in [-0.25, -0.2) is 0 Å². The molecule has 184 valence electrons. The molecule has 6 heteroatoms. The molecule has 0 aliphatic rings. The molecule has 0 unspecified atom stereocenters. The van der Waals surface area contributed by atoms with Crippen LogP contribution < -0.4 is 10.1 Å². The average molecular weight is 493 g/mol. The molecule has 0 spiro atoms. The summed E-state index contributed by atoms with van der Waals surface area (Å²) in [6.45, 7) is 4.74. The second-order valence-corrected chi connectivity index (χ2v) is 8.99. The zero-order valence-corrected chi connectivity index (χ0v) is 21.1. The van der Waals surface area contributed by atoms with Crippen LogP contribution in [0.3, 0.4) is 0 Å². The van der Waals surface area contributed by atoms with Gasteiger partial charge in [-0.2, -0.15) is 0 Å². The lowest BCUT2D eigenvalue weighted by Gasteiger charge is -2.31. The molecule has 0 fully saturated rings. The largest absolute Gasteiger partial charge is 0.482 e. The molecule has 2 amide bonds. The molecule has 0 heterocycles. The number of nitrogens with zero attached hydrogens (tertiary/aromatic N) is 1. The van der Waals surface area contributed by atoms with Crippen LogP contribution in [0.5, 0.6) is 5.75 Å². The highest BCUT2D eigenvalue weighted by molar-refractivity contribution is 6.32. The molecule has 35 heavy (non-hydrogen) atoms. The van der Waals surface area contributed by atoms with E-state index < -0.39 is 6.04 Å². The van der Waals surface area contributed by atoms with Crippen LogP contribution in [0, 0.1) is 6.92 Å². The molecule has 1 atom stereocenters. The van der Waals surface area contributed by atoms with Gasteiger partial charge in [-0.3, -0.25) is 9.59 Å². The maximum atomic E-state index is 13.6. The Morgan fingerprint density at radius 2 is 1.69 bits per heavy atom. The number of ether oxygens (including phenoxy) is 1. The Kier molecular flexibility index (Phi) is 10.2. The van der Waals surface area contributed by atoms with Crippen molar-refractivity contribution in [3.8, 4) is 5.75 Å². The number of nitrogens with one attached hydrogen (secondary N) is 1. The molecule has 0 radical (unpaired) electrons. The summed E-state index contributed by atoms with van der Waals surface area (Å²) in [6.07, 6.45) is 2.26. The third kappa shape index (κ3) is 8.15. The fraction of sp³-hybridized carbons (Fsp3) is 0.310. The van der Waals surface area contributed by atoms with Gasteiger partial charge < -0.3 is 15.0 Å². The second kappa shape index (κ2) is 13.5. The zero-order chi connectivity index (χ0) is 25.0. The Hall–Kier alpha value is -3.31. The molecule has 1 N–H and O–H groups in total. The van der Waals surface area contributed by atoms with Crippen molar-refractivity contribution in [1.82, 2.24) is 10.2 Å². The number of hydrogen-bond acceptors (Lipinski definition) is 3. The number of carbonyl (C=O) groups excluding carboxylic acids is 2.